The Morgan fingerprint density at radius 1 is 1.09 bits per heavy atom. The molecule has 0 saturated carbocycles. The van der Waals surface area contributed by atoms with Gasteiger partial charge in [0.05, 0.1) is 7.11 Å². The highest BCUT2D eigenvalue weighted by molar-refractivity contribution is 5.93. The number of amides is 3. The summed E-state index contributed by atoms with van der Waals surface area (Å²) >= 11 is 0. The molecular formula is C26H41N3O6. The van der Waals surface area contributed by atoms with Crippen LogP contribution in [0.4, 0.5) is 4.79 Å². The highest BCUT2D eigenvalue weighted by Gasteiger charge is 2.35. The molecule has 0 aliphatic heterocycles. The van der Waals surface area contributed by atoms with Crippen LogP contribution in [0.25, 0.3) is 0 Å². The van der Waals surface area contributed by atoms with Crippen LogP contribution in [0.3, 0.4) is 0 Å². The average molecular weight is 492 g/mol. The first-order chi connectivity index (χ1) is 16.3. The molecule has 0 saturated heterocycles. The maximum atomic E-state index is 13.6. The van der Waals surface area contributed by atoms with E-state index in [0.29, 0.717) is 18.5 Å². The summed E-state index contributed by atoms with van der Waals surface area (Å²) < 4.78 is 9.93. The molecule has 35 heavy (non-hydrogen) atoms. The summed E-state index contributed by atoms with van der Waals surface area (Å²) in [6.07, 6.45) is 1.75. The number of hydrogen-bond acceptors (Lipinski definition) is 6. The van der Waals surface area contributed by atoms with Crippen molar-refractivity contribution in [3.8, 4) is 0 Å². The summed E-state index contributed by atoms with van der Waals surface area (Å²) in [6, 6.07) is 3.75. The number of nitrogens with zero attached hydrogens (tertiary/aromatic N) is 1. The van der Waals surface area contributed by atoms with Gasteiger partial charge in [0.25, 0.3) is 0 Å². The van der Waals surface area contributed by atoms with Crippen LogP contribution in [0.5, 0.6) is 0 Å². The molecule has 0 heterocycles. The molecule has 2 atom stereocenters. The number of benzene rings is 1. The van der Waals surface area contributed by atoms with E-state index in [2.05, 4.69) is 15.4 Å². The molecule has 0 radical (unpaired) electrons. The third-order valence-corrected chi connectivity index (χ3v) is 5.31. The van der Waals surface area contributed by atoms with Gasteiger partial charge in [-0.05, 0) is 59.1 Å². The van der Waals surface area contributed by atoms with E-state index < -0.39 is 41.6 Å². The van der Waals surface area contributed by atoms with Gasteiger partial charge in [-0.3, -0.25) is 14.4 Å². The molecule has 9 nitrogen and oxygen atoms in total. The van der Waals surface area contributed by atoms with Gasteiger partial charge in [-0.1, -0.05) is 43.5 Å². The standard InChI is InChI=1S/C26H41N3O6/c1-9-10-11-14-29(24(32)19(4)28-25(33)35-26(5,6)7)22(23(31)27-16-21(30)34-8)20-15-17(2)12-13-18(20)3/h12-13,15,19,22H,9-11,14,16H2,1-8H3,(H,27,31)(H,28,33). The smallest absolute Gasteiger partial charge is 0.408 e. The number of carbonyl (C=O) groups excluding carboxylic acids is 4. The predicted octanol–water partition coefficient (Wildman–Crippen LogP) is 3.57. The number of carbonyl (C=O) groups is 4. The second kappa shape index (κ2) is 13.7. The van der Waals surface area contributed by atoms with Gasteiger partial charge in [0.15, 0.2) is 0 Å². The quantitative estimate of drug-likeness (QED) is 0.361. The highest BCUT2D eigenvalue weighted by Crippen LogP contribution is 2.27. The summed E-state index contributed by atoms with van der Waals surface area (Å²) in [7, 11) is 1.24. The number of alkyl carbamates (subject to hydrolysis) is 1. The van der Waals surface area contributed by atoms with Crippen molar-refractivity contribution in [3.05, 3.63) is 34.9 Å². The maximum Gasteiger partial charge on any atom is 0.408 e. The highest BCUT2D eigenvalue weighted by atomic mass is 16.6. The molecule has 0 bridgehead atoms. The van der Waals surface area contributed by atoms with Crippen LogP contribution in [-0.2, 0) is 23.9 Å². The lowest BCUT2D eigenvalue weighted by Crippen LogP contribution is -2.52. The fraction of sp³-hybridized carbons (Fsp3) is 0.615. The predicted molar refractivity (Wildman–Crippen MR) is 134 cm³/mol. The number of unbranched alkanes of at least 4 members (excludes halogenated alkanes) is 2. The van der Waals surface area contributed by atoms with Gasteiger partial charge in [0.1, 0.15) is 24.2 Å². The minimum atomic E-state index is -0.994. The molecule has 1 aromatic rings. The van der Waals surface area contributed by atoms with Crippen LogP contribution < -0.4 is 10.6 Å². The normalized spacial score (nSPS) is 12.8. The Morgan fingerprint density at radius 3 is 2.31 bits per heavy atom. The van der Waals surface area contributed by atoms with Crippen molar-refractivity contribution in [2.75, 3.05) is 20.2 Å². The van der Waals surface area contributed by atoms with Crippen molar-refractivity contribution >= 4 is 23.9 Å². The first kappa shape index (κ1) is 29.9. The van der Waals surface area contributed by atoms with Crippen LogP contribution in [-0.4, -0.2) is 60.6 Å². The number of nitrogens with one attached hydrogen (secondary N) is 2. The zero-order valence-electron chi connectivity index (χ0n) is 22.3. The number of esters is 1. The monoisotopic (exact) mass is 491 g/mol. The molecule has 0 fully saturated rings. The summed E-state index contributed by atoms with van der Waals surface area (Å²) in [4.78, 5) is 52.5. The molecule has 0 aliphatic carbocycles. The van der Waals surface area contributed by atoms with Gasteiger partial charge in [-0.2, -0.15) is 0 Å². The topological polar surface area (TPSA) is 114 Å². The van der Waals surface area contributed by atoms with Gasteiger partial charge < -0.3 is 25.0 Å². The largest absolute Gasteiger partial charge is 0.468 e. The Hall–Kier alpha value is -3.10. The summed E-state index contributed by atoms with van der Waals surface area (Å²) in [5.74, 6) is -1.52. The van der Waals surface area contributed by atoms with Crippen LogP contribution in [0, 0.1) is 13.8 Å². The molecule has 1 aromatic carbocycles. The van der Waals surface area contributed by atoms with E-state index in [1.807, 2.05) is 39.0 Å². The van der Waals surface area contributed by atoms with Gasteiger partial charge in [0.2, 0.25) is 11.8 Å². The van der Waals surface area contributed by atoms with E-state index in [1.54, 1.807) is 27.7 Å². The van der Waals surface area contributed by atoms with E-state index in [0.717, 1.165) is 24.0 Å². The van der Waals surface area contributed by atoms with Crippen LogP contribution in [0.15, 0.2) is 18.2 Å². The van der Waals surface area contributed by atoms with E-state index in [1.165, 1.54) is 12.0 Å². The lowest BCUT2D eigenvalue weighted by molar-refractivity contribution is -0.144. The maximum absolute atomic E-state index is 13.6. The van der Waals surface area contributed by atoms with E-state index in [4.69, 9.17) is 4.74 Å². The van der Waals surface area contributed by atoms with Gasteiger partial charge >= 0.3 is 12.1 Å². The fourth-order valence-electron chi connectivity index (χ4n) is 3.53. The average Bonchev–Trinajstić information content (AvgIpc) is 2.76. The number of methoxy groups -OCH3 is 1. The molecule has 3 amide bonds. The minimum absolute atomic E-state index is 0.302. The SMILES string of the molecule is CCCCCN(C(=O)C(C)NC(=O)OC(C)(C)C)C(C(=O)NCC(=O)OC)c1cc(C)ccc1C. The van der Waals surface area contributed by atoms with E-state index >= 15 is 0 Å². The van der Waals surface area contributed by atoms with Crippen molar-refractivity contribution < 1.29 is 28.7 Å². The Morgan fingerprint density at radius 2 is 1.74 bits per heavy atom. The van der Waals surface area contributed by atoms with Crippen LogP contribution in [0.2, 0.25) is 0 Å². The van der Waals surface area contributed by atoms with Crippen molar-refractivity contribution in [3.63, 3.8) is 0 Å². The summed E-state index contributed by atoms with van der Waals surface area (Å²) in [5, 5.41) is 5.18. The lowest BCUT2D eigenvalue weighted by atomic mass is 9.96. The van der Waals surface area contributed by atoms with Gasteiger partial charge in [-0.15, -0.1) is 0 Å². The van der Waals surface area contributed by atoms with E-state index in [9.17, 15) is 19.2 Å². The molecule has 0 aliphatic rings. The second-order valence-corrected chi connectivity index (χ2v) is 9.66. The number of hydrogen-bond donors (Lipinski definition) is 2. The Kier molecular flexibility index (Phi) is 11.7. The number of rotatable bonds is 11. The molecule has 196 valence electrons. The molecule has 1 rings (SSSR count). The third kappa shape index (κ3) is 9.96. The van der Waals surface area contributed by atoms with E-state index in [-0.39, 0.29) is 6.54 Å². The summed E-state index contributed by atoms with van der Waals surface area (Å²) in [6.45, 7) is 12.6. The molecular weight excluding hydrogens is 450 g/mol. The zero-order valence-corrected chi connectivity index (χ0v) is 22.3. The van der Waals surface area contributed by atoms with Crippen molar-refractivity contribution in [2.45, 2.75) is 85.4 Å². The van der Waals surface area contributed by atoms with Crippen molar-refractivity contribution in [2.24, 2.45) is 0 Å². The van der Waals surface area contributed by atoms with Crippen molar-refractivity contribution in [1.29, 1.82) is 0 Å². The fourth-order valence-corrected chi connectivity index (χ4v) is 3.53. The zero-order chi connectivity index (χ0) is 26.8. The number of aryl methyl sites for hydroxylation is 2. The van der Waals surface area contributed by atoms with Crippen LogP contribution in [0.1, 0.15) is 76.6 Å². The molecule has 2 unspecified atom stereocenters. The third-order valence-electron chi connectivity index (χ3n) is 5.31. The van der Waals surface area contributed by atoms with Crippen molar-refractivity contribution in [1.82, 2.24) is 15.5 Å². The first-order valence-electron chi connectivity index (χ1n) is 12.0. The molecule has 2 N–H and O–H groups in total. The molecule has 0 spiro atoms. The number of ether oxygens (including phenoxy) is 2. The summed E-state index contributed by atoms with van der Waals surface area (Å²) in [5.41, 5.74) is 1.69. The Bertz CT molecular complexity index is 894. The van der Waals surface area contributed by atoms with Crippen LogP contribution >= 0.6 is 0 Å². The lowest BCUT2D eigenvalue weighted by Gasteiger charge is -2.34. The molecule has 0 aromatic heterocycles. The first-order valence-corrected chi connectivity index (χ1v) is 12.0. The van der Waals surface area contributed by atoms with Gasteiger partial charge in [0, 0.05) is 6.54 Å². The second-order valence-electron chi connectivity index (χ2n) is 9.66. The Balaban J connectivity index is 3.38. The van der Waals surface area contributed by atoms with Gasteiger partial charge in [-0.25, -0.2) is 4.79 Å². The minimum Gasteiger partial charge on any atom is -0.468 e. The Labute approximate surface area is 208 Å². The molecule has 9 heteroatoms.